The summed E-state index contributed by atoms with van der Waals surface area (Å²) in [6.45, 7) is 0. The van der Waals surface area contributed by atoms with Crippen molar-refractivity contribution < 1.29 is 9.18 Å². The maximum Gasteiger partial charge on any atom is 0.332 e. The first-order valence-corrected chi connectivity index (χ1v) is 9.18. The quantitative estimate of drug-likeness (QED) is 0.641. The van der Waals surface area contributed by atoms with Gasteiger partial charge in [0.05, 0.1) is 17.2 Å². The molecule has 1 aliphatic carbocycles. The lowest BCUT2D eigenvalue weighted by Gasteiger charge is -2.30. The topological polar surface area (TPSA) is 73.4 Å². The second-order valence-electron chi connectivity index (χ2n) is 7.33. The zero-order valence-electron chi connectivity index (χ0n) is 15.7. The highest BCUT2D eigenvalue weighted by atomic mass is 19.1. The van der Waals surface area contributed by atoms with Gasteiger partial charge in [0.1, 0.15) is 11.6 Å². The summed E-state index contributed by atoms with van der Waals surface area (Å²) in [5, 5.41) is 0. The number of carbonyl (C=O) groups excluding carboxylic acids is 1. The molecule has 2 aliphatic rings. The van der Waals surface area contributed by atoms with Crippen molar-refractivity contribution in [2.45, 2.75) is 5.92 Å². The molecule has 7 heteroatoms. The minimum Gasteiger partial charge on any atom is -0.293 e. The van der Waals surface area contributed by atoms with Crippen LogP contribution >= 0.6 is 0 Å². The van der Waals surface area contributed by atoms with Gasteiger partial charge in [-0.15, -0.1) is 0 Å². The van der Waals surface area contributed by atoms with Crippen molar-refractivity contribution in [2.24, 2.45) is 25.0 Å². The second kappa shape index (κ2) is 5.94. The van der Waals surface area contributed by atoms with Crippen molar-refractivity contribution in [1.82, 2.24) is 9.13 Å². The molecule has 0 radical (unpaired) electrons. The van der Waals surface area contributed by atoms with Crippen LogP contribution in [0.5, 0.6) is 0 Å². The van der Waals surface area contributed by atoms with Crippen LogP contribution in [0.2, 0.25) is 0 Å². The number of ketones is 1. The summed E-state index contributed by atoms with van der Waals surface area (Å²) in [7, 11) is 2.89. The molecular weight excluding hydrogens is 373 g/mol. The normalized spacial score (nSPS) is 19.4. The van der Waals surface area contributed by atoms with E-state index in [1.54, 1.807) is 42.5 Å². The van der Waals surface area contributed by atoms with Crippen LogP contribution < -0.4 is 11.2 Å². The van der Waals surface area contributed by atoms with E-state index < -0.39 is 28.9 Å². The fourth-order valence-electron chi connectivity index (χ4n) is 4.43. The second-order valence-corrected chi connectivity index (χ2v) is 7.33. The van der Waals surface area contributed by atoms with Gasteiger partial charge < -0.3 is 0 Å². The number of aromatic nitrogens is 2. The molecule has 5 rings (SSSR count). The molecule has 2 aromatic carbocycles. The van der Waals surface area contributed by atoms with Crippen molar-refractivity contribution in [2.75, 3.05) is 0 Å². The van der Waals surface area contributed by atoms with E-state index in [2.05, 4.69) is 4.99 Å². The van der Waals surface area contributed by atoms with E-state index in [4.69, 9.17) is 0 Å². The third-order valence-corrected chi connectivity index (χ3v) is 5.82. The van der Waals surface area contributed by atoms with Gasteiger partial charge in [0.15, 0.2) is 5.78 Å². The lowest BCUT2D eigenvalue weighted by Crippen LogP contribution is -2.43. The van der Waals surface area contributed by atoms with Gasteiger partial charge in [0.2, 0.25) is 0 Å². The molecule has 2 unspecified atom stereocenters. The van der Waals surface area contributed by atoms with Gasteiger partial charge in [0, 0.05) is 31.1 Å². The first-order chi connectivity index (χ1) is 13.9. The van der Waals surface area contributed by atoms with Crippen LogP contribution in [0.4, 0.5) is 10.2 Å². The SMILES string of the molecule is Cn1c2c(c(=O)n(C)c1=O)C(c1ccccc1F)C1C(=O)c3ccccc3C1=N2. The molecule has 0 saturated heterocycles. The first kappa shape index (κ1) is 17.5. The molecule has 1 aliphatic heterocycles. The summed E-state index contributed by atoms with van der Waals surface area (Å²) < 4.78 is 17.1. The smallest absolute Gasteiger partial charge is 0.293 e. The summed E-state index contributed by atoms with van der Waals surface area (Å²) in [5.41, 5.74) is 0.923. The van der Waals surface area contributed by atoms with Crippen molar-refractivity contribution in [3.63, 3.8) is 0 Å². The van der Waals surface area contributed by atoms with E-state index in [0.717, 1.165) is 4.57 Å². The van der Waals surface area contributed by atoms with Crippen LogP contribution in [0, 0.1) is 11.7 Å². The fraction of sp³-hybridized carbons (Fsp3) is 0.182. The minimum absolute atomic E-state index is 0.162. The molecule has 0 bridgehead atoms. The average Bonchev–Trinajstić information content (AvgIpc) is 3.02. The molecule has 29 heavy (non-hydrogen) atoms. The highest BCUT2D eigenvalue weighted by Crippen LogP contribution is 2.46. The summed E-state index contributed by atoms with van der Waals surface area (Å²) in [4.78, 5) is 43.5. The Kier molecular flexibility index (Phi) is 3.58. The summed E-state index contributed by atoms with van der Waals surface area (Å²) >= 11 is 0. The van der Waals surface area contributed by atoms with Gasteiger partial charge in [-0.25, -0.2) is 14.2 Å². The first-order valence-electron chi connectivity index (χ1n) is 9.18. The maximum absolute atomic E-state index is 14.9. The third kappa shape index (κ3) is 2.21. The van der Waals surface area contributed by atoms with Gasteiger partial charge in [-0.2, -0.15) is 0 Å². The van der Waals surface area contributed by atoms with Crippen LogP contribution in [0.1, 0.15) is 33.0 Å². The van der Waals surface area contributed by atoms with Gasteiger partial charge in [-0.05, 0) is 11.6 Å². The Morgan fingerprint density at radius 3 is 2.24 bits per heavy atom. The molecule has 0 N–H and O–H groups in total. The number of fused-ring (bicyclic) bond motifs is 4. The van der Waals surface area contributed by atoms with Gasteiger partial charge in [0.25, 0.3) is 5.56 Å². The molecule has 0 saturated carbocycles. The van der Waals surface area contributed by atoms with E-state index in [9.17, 15) is 18.8 Å². The molecule has 0 spiro atoms. The van der Waals surface area contributed by atoms with Crippen LogP contribution in [0.25, 0.3) is 0 Å². The Morgan fingerprint density at radius 2 is 1.52 bits per heavy atom. The molecule has 3 aromatic rings. The zero-order valence-corrected chi connectivity index (χ0v) is 15.7. The molecule has 0 amide bonds. The summed E-state index contributed by atoms with van der Waals surface area (Å²) in [6.07, 6.45) is 0. The Hall–Kier alpha value is -3.61. The number of benzene rings is 2. The van der Waals surface area contributed by atoms with E-state index in [1.165, 1.54) is 24.7 Å². The van der Waals surface area contributed by atoms with Gasteiger partial charge >= 0.3 is 5.69 Å². The lowest BCUT2D eigenvalue weighted by atomic mass is 9.76. The number of rotatable bonds is 1. The molecule has 1 aromatic heterocycles. The maximum atomic E-state index is 14.9. The van der Waals surface area contributed by atoms with Crippen LogP contribution in [0.15, 0.2) is 63.1 Å². The standard InChI is InChI=1S/C22H16FN3O3/c1-25-20-17(21(28)26(2)22(25)29)15(13-9-5-6-10-14(13)23)16-18(24-20)11-7-3-4-8-12(11)19(16)27/h3-10,15-16H,1-2H3. The molecule has 6 nitrogen and oxygen atoms in total. The monoisotopic (exact) mass is 389 g/mol. The predicted octanol–water partition coefficient (Wildman–Crippen LogP) is 2.30. The Bertz CT molecular complexity index is 1370. The highest BCUT2D eigenvalue weighted by Gasteiger charge is 2.48. The molecule has 2 atom stereocenters. The third-order valence-electron chi connectivity index (χ3n) is 5.82. The average molecular weight is 389 g/mol. The fourth-order valence-corrected chi connectivity index (χ4v) is 4.43. The number of carbonyl (C=O) groups is 1. The van der Waals surface area contributed by atoms with Crippen molar-refractivity contribution in [3.8, 4) is 0 Å². The van der Waals surface area contributed by atoms with Crippen molar-refractivity contribution >= 4 is 17.3 Å². The lowest BCUT2D eigenvalue weighted by molar-refractivity contribution is 0.0952. The van der Waals surface area contributed by atoms with Crippen molar-refractivity contribution in [3.05, 3.63) is 97.4 Å². The van der Waals surface area contributed by atoms with Crippen LogP contribution in [-0.4, -0.2) is 20.6 Å². The molecule has 144 valence electrons. The number of Topliss-reactive ketones (excluding diaryl/α,β-unsaturated/α-hetero) is 1. The number of nitrogens with zero attached hydrogens (tertiary/aromatic N) is 3. The van der Waals surface area contributed by atoms with E-state index in [-0.39, 0.29) is 22.7 Å². The number of halogens is 1. The zero-order chi connectivity index (χ0) is 20.4. The van der Waals surface area contributed by atoms with E-state index in [0.29, 0.717) is 16.8 Å². The number of hydrogen-bond acceptors (Lipinski definition) is 4. The summed E-state index contributed by atoms with van der Waals surface area (Å²) in [5.74, 6) is -2.23. The van der Waals surface area contributed by atoms with E-state index in [1.807, 2.05) is 0 Å². The Labute approximate surface area is 164 Å². The largest absolute Gasteiger partial charge is 0.332 e. The Balaban J connectivity index is 1.94. The molecule has 2 heterocycles. The molecule has 0 fully saturated rings. The predicted molar refractivity (Wildman–Crippen MR) is 106 cm³/mol. The minimum atomic E-state index is -0.871. The van der Waals surface area contributed by atoms with Gasteiger partial charge in [-0.3, -0.25) is 18.7 Å². The van der Waals surface area contributed by atoms with E-state index >= 15 is 0 Å². The Morgan fingerprint density at radius 1 is 0.862 bits per heavy atom. The van der Waals surface area contributed by atoms with Crippen LogP contribution in [0.3, 0.4) is 0 Å². The highest BCUT2D eigenvalue weighted by molar-refractivity contribution is 6.30. The van der Waals surface area contributed by atoms with Crippen molar-refractivity contribution in [1.29, 1.82) is 0 Å². The van der Waals surface area contributed by atoms with Crippen LogP contribution in [-0.2, 0) is 14.1 Å². The summed E-state index contributed by atoms with van der Waals surface area (Å²) in [6, 6.07) is 13.2. The number of aliphatic imine (C=N–C) groups is 1. The number of hydrogen-bond donors (Lipinski definition) is 0. The van der Waals surface area contributed by atoms with Gasteiger partial charge in [-0.1, -0.05) is 42.5 Å². The molecular formula is C22H16FN3O3.